The summed E-state index contributed by atoms with van der Waals surface area (Å²) in [6.45, 7) is 0.374. The Morgan fingerprint density at radius 3 is 2.87 bits per heavy atom. The molecule has 78 valence electrons. The van der Waals surface area contributed by atoms with Crippen LogP contribution in [-0.4, -0.2) is 18.8 Å². The van der Waals surface area contributed by atoms with Crippen LogP contribution in [0.3, 0.4) is 0 Å². The van der Waals surface area contributed by atoms with Crippen molar-refractivity contribution >= 4 is 6.08 Å². The molecule has 4 nitrogen and oxygen atoms in total. The van der Waals surface area contributed by atoms with Gasteiger partial charge in [0.1, 0.15) is 0 Å². The van der Waals surface area contributed by atoms with Gasteiger partial charge in [0, 0.05) is 18.2 Å². The number of hydrogen-bond donors (Lipinski definition) is 2. The van der Waals surface area contributed by atoms with Gasteiger partial charge in [-0.05, 0) is 6.07 Å². The molecule has 4 heteroatoms. The Morgan fingerprint density at radius 2 is 2.33 bits per heavy atom. The molecule has 15 heavy (non-hydrogen) atoms. The van der Waals surface area contributed by atoms with Crippen LogP contribution in [0.4, 0.5) is 0 Å². The van der Waals surface area contributed by atoms with Crippen LogP contribution in [0.5, 0.6) is 11.5 Å². The number of phenols is 1. The first-order chi connectivity index (χ1) is 7.22. The average molecular weight is 204 g/mol. The number of aromatic hydroxyl groups is 1. The summed E-state index contributed by atoms with van der Waals surface area (Å²) in [5.41, 5.74) is 6.26. The van der Waals surface area contributed by atoms with Crippen LogP contribution in [0.1, 0.15) is 11.1 Å². The van der Waals surface area contributed by atoms with E-state index >= 15 is 0 Å². The van der Waals surface area contributed by atoms with Crippen LogP contribution >= 0.6 is 0 Å². The number of benzene rings is 1. The molecule has 0 aromatic heterocycles. The molecule has 0 amide bonds. The third-order valence-electron chi connectivity index (χ3n) is 1.89. The molecular weight excluding hydrogens is 192 g/mol. The maximum Gasteiger partial charge on any atom is 0.165 e. The topological polar surface area (TPSA) is 79.3 Å². The van der Waals surface area contributed by atoms with Crippen molar-refractivity contribution < 1.29 is 9.84 Å². The van der Waals surface area contributed by atoms with Crippen molar-refractivity contribution in [3.8, 4) is 17.6 Å². The third-order valence-corrected chi connectivity index (χ3v) is 1.89. The van der Waals surface area contributed by atoms with Gasteiger partial charge in [0.25, 0.3) is 0 Å². The number of phenolic OH excluding ortho intramolecular Hbond substituents is 1. The fraction of sp³-hybridized carbons (Fsp3) is 0.182. The van der Waals surface area contributed by atoms with Crippen LogP contribution in [0, 0.1) is 11.3 Å². The van der Waals surface area contributed by atoms with Crippen molar-refractivity contribution in [3.05, 3.63) is 29.3 Å². The summed E-state index contributed by atoms with van der Waals surface area (Å²) in [7, 11) is 1.44. The minimum atomic E-state index is 0.0150. The number of ether oxygens (including phenoxy) is 1. The lowest BCUT2D eigenvalue weighted by atomic mass is 10.1. The summed E-state index contributed by atoms with van der Waals surface area (Å²) in [4.78, 5) is 0. The summed E-state index contributed by atoms with van der Waals surface area (Å²) >= 11 is 0. The molecule has 0 aliphatic rings. The molecule has 0 saturated carbocycles. The standard InChI is InChI=1S/C11H12N2O2/c1-15-10-6-8(7-13)5-9(11(10)14)3-2-4-12/h2-3,5-6,14H,4,12H2,1H3/b3-2+. The second-order valence-electron chi connectivity index (χ2n) is 2.87. The van der Waals surface area contributed by atoms with Crippen molar-refractivity contribution in [3.63, 3.8) is 0 Å². The smallest absolute Gasteiger partial charge is 0.165 e. The van der Waals surface area contributed by atoms with Gasteiger partial charge in [-0.2, -0.15) is 5.26 Å². The maximum atomic E-state index is 9.71. The predicted octanol–water partition coefficient (Wildman–Crippen LogP) is 1.24. The van der Waals surface area contributed by atoms with Crippen LogP contribution in [0.25, 0.3) is 6.08 Å². The molecule has 0 fully saturated rings. The fourth-order valence-electron chi connectivity index (χ4n) is 1.17. The Kier molecular flexibility index (Phi) is 3.72. The Hall–Kier alpha value is -1.99. The second kappa shape index (κ2) is 5.03. The van der Waals surface area contributed by atoms with Gasteiger partial charge in [0.05, 0.1) is 18.7 Å². The van der Waals surface area contributed by atoms with Gasteiger partial charge in [-0.25, -0.2) is 0 Å². The highest BCUT2D eigenvalue weighted by Gasteiger charge is 2.07. The van der Waals surface area contributed by atoms with E-state index in [2.05, 4.69) is 0 Å². The van der Waals surface area contributed by atoms with E-state index in [1.807, 2.05) is 6.07 Å². The first-order valence-corrected chi connectivity index (χ1v) is 4.40. The number of methoxy groups -OCH3 is 1. The third kappa shape index (κ3) is 2.48. The first kappa shape index (κ1) is 11.1. The van der Waals surface area contributed by atoms with E-state index in [4.69, 9.17) is 15.7 Å². The van der Waals surface area contributed by atoms with E-state index in [1.54, 1.807) is 18.2 Å². The highest BCUT2D eigenvalue weighted by Crippen LogP contribution is 2.31. The molecule has 0 bridgehead atoms. The van der Waals surface area contributed by atoms with Gasteiger partial charge in [0.15, 0.2) is 11.5 Å². The monoisotopic (exact) mass is 204 g/mol. The number of hydrogen-bond acceptors (Lipinski definition) is 4. The average Bonchev–Trinajstić information content (AvgIpc) is 2.27. The van der Waals surface area contributed by atoms with Crippen LogP contribution < -0.4 is 10.5 Å². The molecule has 0 heterocycles. The van der Waals surface area contributed by atoms with Crippen molar-refractivity contribution in [1.82, 2.24) is 0 Å². The zero-order valence-electron chi connectivity index (χ0n) is 8.40. The number of nitriles is 1. The van der Waals surface area contributed by atoms with E-state index < -0.39 is 0 Å². The van der Waals surface area contributed by atoms with E-state index in [1.165, 1.54) is 13.2 Å². The van der Waals surface area contributed by atoms with Gasteiger partial charge in [-0.15, -0.1) is 0 Å². The second-order valence-corrected chi connectivity index (χ2v) is 2.87. The molecule has 3 N–H and O–H groups in total. The Morgan fingerprint density at radius 1 is 1.60 bits per heavy atom. The van der Waals surface area contributed by atoms with Crippen molar-refractivity contribution in [2.45, 2.75) is 0 Å². The lowest BCUT2D eigenvalue weighted by Crippen LogP contribution is -1.93. The lowest BCUT2D eigenvalue weighted by molar-refractivity contribution is 0.373. The Bertz CT molecular complexity index is 419. The summed E-state index contributed by atoms with van der Waals surface area (Å²) in [5.74, 6) is 0.298. The van der Waals surface area contributed by atoms with Gasteiger partial charge < -0.3 is 15.6 Å². The predicted molar refractivity (Wildman–Crippen MR) is 57.5 cm³/mol. The Labute approximate surface area is 88.2 Å². The summed E-state index contributed by atoms with van der Waals surface area (Å²) < 4.78 is 4.94. The first-order valence-electron chi connectivity index (χ1n) is 4.40. The molecule has 0 aliphatic carbocycles. The molecule has 1 rings (SSSR count). The molecule has 0 saturated heterocycles. The molecule has 0 spiro atoms. The van der Waals surface area contributed by atoms with Gasteiger partial charge >= 0.3 is 0 Å². The van der Waals surface area contributed by atoms with Crippen molar-refractivity contribution in [2.75, 3.05) is 13.7 Å². The van der Waals surface area contributed by atoms with E-state index in [-0.39, 0.29) is 11.5 Å². The highest BCUT2D eigenvalue weighted by molar-refractivity contribution is 5.64. The molecule has 1 aromatic rings. The zero-order chi connectivity index (χ0) is 11.3. The normalized spacial score (nSPS) is 10.2. The highest BCUT2D eigenvalue weighted by atomic mass is 16.5. The van der Waals surface area contributed by atoms with Crippen molar-refractivity contribution in [2.24, 2.45) is 5.73 Å². The van der Waals surface area contributed by atoms with Crippen LogP contribution in [0.15, 0.2) is 18.2 Å². The summed E-state index contributed by atoms with van der Waals surface area (Å²) in [6.07, 6.45) is 3.34. The van der Waals surface area contributed by atoms with E-state index in [0.717, 1.165) is 0 Å². The minimum absolute atomic E-state index is 0.0150. The molecular formula is C11H12N2O2. The molecule has 0 unspecified atom stereocenters. The lowest BCUT2D eigenvalue weighted by Gasteiger charge is -2.06. The summed E-state index contributed by atoms with van der Waals surface area (Å²) in [5, 5.41) is 18.5. The van der Waals surface area contributed by atoms with E-state index in [0.29, 0.717) is 17.7 Å². The quantitative estimate of drug-likeness (QED) is 0.776. The minimum Gasteiger partial charge on any atom is -0.504 e. The van der Waals surface area contributed by atoms with Crippen LogP contribution in [-0.2, 0) is 0 Å². The molecule has 1 aromatic carbocycles. The number of nitrogens with two attached hydrogens (primary N) is 1. The molecule has 0 radical (unpaired) electrons. The summed E-state index contributed by atoms with van der Waals surface area (Å²) in [6, 6.07) is 5.04. The van der Waals surface area contributed by atoms with Gasteiger partial charge in [-0.1, -0.05) is 12.2 Å². The molecule has 0 atom stereocenters. The number of nitrogens with zero attached hydrogens (tertiary/aromatic N) is 1. The largest absolute Gasteiger partial charge is 0.504 e. The van der Waals surface area contributed by atoms with Gasteiger partial charge in [0.2, 0.25) is 0 Å². The van der Waals surface area contributed by atoms with Crippen molar-refractivity contribution in [1.29, 1.82) is 5.26 Å². The van der Waals surface area contributed by atoms with Crippen LogP contribution in [0.2, 0.25) is 0 Å². The maximum absolute atomic E-state index is 9.71. The van der Waals surface area contributed by atoms with Gasteiger partial charge in [-0.3, -0.25) is 0 Å². The Balaban J connectivity index is 3.25. The SMILES string of the molecule is COc1cc(C#N)cc(/C=C/CN)c1O. The van der Waals surface area contributed by atoms with E-state index in [9.17, 15) is 5.11 Å². The number of rotatable bonds is 3. The fourth-order valence-corrected chi connectivity index (χ4v) is 1.17. The molecule has 0 aliphatic heterocycles. The zero-order valence-corrected chi connectivity index (χ0v) is 8.40.